The van der Waals surface area contributed by atoms with Gasteiger partial charge >= 0.3 is 0 Å². The molecule has 1 amide bonds. The quantitative estimate of drug-likeness (QED) is 0.769. The molecule has 0 spiro atoms. The van der Waals surface area contributed by atoms with Crippen LogP contribution in [0.2, 0.25) is 10.0 Å². The van der Waals surface area contributed by atoms with Gasteiger partial charge in [0.2, 0.25) is 15.9 Å². The van der Waals surface area contributed by atoms with Gasteiger partial charge in [0, 0.05) is 26.1 Å². The number of carbonyl (C=O) groups excluding carboxylic acids is 1. The fourth-order valence-electron chi connectivity index (χ4n) is 2.85. The van der Waals surface area contributed by atoms with E-state index in [1.807, 2.05) is 4.90 Å². The molecule has 8 heteroatoms. The number of rotatable bonds is 5. The molecule has 0 N–H and O–H groups in total. The van der Waals surface area contributed by atoms with Crippen molar-refractivity contribution in [3.05, 3.63) is 28.2 Å². The van der Waals surface area contributed by atoms with Gasteiger partial charge in [-0.3, -0.25) is 9.10 Å². The molecule has 1 fully saturated rings. The third kappa shape index (κ3) is 5.01. The maximum Gasteiger partial charge on any atom is 0.232 e. The Morgan fingerprint density at radius 2 is 1.67 bits per heavy atom. The highest BCUT2D eigenvalue weighted by molar-refractivity contribution is 7.92. The highest BCUT2D eigenvalue weighted by atomic mass is 35.5. The number of carbonyl (C=O) groups is 1. The zero-order chi connectivity index (χ0) is 17.7. The van der Waals surface area contributed by atoms with Crippen molar-refractivity contribution in [2.75, 3.05) is 30.2 Å². The van der Waals surface area contributed by atoms with Crippen LogP contribution in [0.15, 0.2) is 18.2 Å². The number of anilines is 1. The molecule has 0 saturated carbocycles. The summed E-state index contributed by atoms with van der Waals surface area (Å²) >= 11 is 12.3. The average Bonchev–Trinajstić information content (AvgIpc) is 2.77. The van der Waals surface area contributed by atoms with Crippen molar-refractivity contribution in [2.45, 2.75) is 32.1 Å². The van der Waals surface area contributed by atoms with Crippen molar-refractivity contribution in [1.29, 1.82) is 0 Å². The van der Waals surface area contributed by atoms with Gasteiger partial charge in [-0.25, -0.2) is 8.42 Å². The summed E-state index contributed by atoms with van der Waals surface area (Å²) in [4.78, 5) is 14.2. The summed E-state index contributed by atoms with van der Waals surface area (Å²) in [6.07, 6.45) is 5.45. The van der Waals surface area contributed by atoms with Crippen LogP contribution in [-0.4, -0.2) is 45.1 Å². The summed E-state index contributed by atoms with van der Waals surface area (Å²) in [6.45, 7) is 1.51. The molecule has 134 valence electrons. The number of para-hydroxylation sites is 1. The van der Waals surface area contributed by atoms with Crippen molar-refractivity contribution in [3.63, 3.8) is 0 Å². The highest BCUT2D eigenvalue weighted by Crippen LogP contribution is 2.35. The highest BCUT2D eigenvalue weighted by Gasteiger charge is 2.24. The van der Waals surface area contributed by atoms with Gasteiger partial charge < -0.3 is 4.90 Å². The van der Waals surface area contributed by atoms with E-state index >= 15 is 0 Å². The van der Waals surface area contributed by atoms with Crippen LogP contribution in [0.1, 0.15) is 32.1 Å². The van der Waals surface area contributed by atoms with E-state index in [-0.39, 0.29) is 34.6 Å². The van der Waals surface area contributed by atoms with Gasteiger partial charge in [0.05, 0.1) is 22.0 Å². The van der Waals surface area contributed by atoms with Crippen molar-refractivity contribution < 1.29 is 13.2 Å². The number of amides is 1. The van der Waals surface area contributed by atoms with Crippen molar-refractivity contribution in [2.24, 2.45) is 0 Å². The Hall–Kier alpha value is -0.980. The SMILES string of the molecule is CS(=O)(=O)N(CCC(=O)N1CCCCCC1)c1c(Cl)cccc1Cl. The van der Waals surface area contributed by atoms with Crippen molar-refractivity contribution >= 4 is 44.8 Å². The average molecular weight is 393 g/mol. The Morgan fingerprint density at radius 3 is 2.17 bits per heavy atom. The Bertz CT molecular complexity index is 666. The number of nitrogens with zero attached hydrogens (tertiary/aromatic N) is 2. The molecule has 1 heterocycles. The molecule has 0 unspecified atom stereocenters. The van der Waals surface area contributed by atoms with E-state index < -0.39 is 10.0 Å². The zero-order valence-electron chi connectivity index (χ0n) is 13.7. The minimum absolute atomic E-state index is 0.0254. The number of halogens is 2. The topological polar surface area (TPSA) is 57.7 Å². The summed E-state index contributed by atoms with van der Waals surface area (Å²) in [5, 5.41) is 0.491. The van der Waals surface area contributed by atoms with E-state index in [9.17, 15) is 13.2 Å². The minimum atomic E-state index is -3.60. The van der Waals surface area contributed by atoms with Gasteiger partial charge in [0.25, 0.3) is 0 Å². The molecule has 0 radical (unpaired) electrons. The largest absolute Gasteiger partial charge is 0.343 e. The van der Waals surface area contributed by atoms with Gasteiger partial charge in [0.15, 0.2) is 0 Å². The third-order valence-electron chi connectivity index (χ3n) is 4.07. The van der Waals surface area contributed by atoms with Crippen LogP contribution in [0.3, 0.4) is 0 Å². The molecule has 1 aliphatic rings. The predicted molar refractivity (Wildman–Crippen MR) is 98.3 cm³/mol. The molecule has 1 aromatic rings. The van der Waals surface area contributed by atoms with E-state index in [1.165, 1.54) is 0 Å². The van der Waals surface area contributed by atoms with E-state index in [1.54, 1.807) is 18.2 Å². The number of hydrogen-bond donors (Lipinski definition) is 0. The summed E-state index contributed by atoms with van der Waals surface area (Å²) in [6, 6.07) is 4.81. The predicted octanol–water partition coefficient (Wildman–Crippen LogP) is 3.55. The lowest BCUT2D eigenvalue weighted by Crippen LogP contribution is -2.37. The molecule has 5 nitrogen and oxygen atoms in total. The van der Waals surface area contributed by atoms with E-state index in [0.717, 1.165) is 49.3 Å². The maximum atomic E-state index is 12.4. The lowest BCUT2D eigenvalue weighted by atomic mass is 10.2. The number of hydrogen-bond acceptors (Lipinski definition) is 3. The molecule has 0 bridgehead atoms. The van der Waals surface area contributed by atoms with Gasteiger partial charge in [0.1, 0.15) is 0 Å². The second-order valence-corrected chi connectivity index (χ2v) is 8.67. The third-order valence-corrected chi connectivity index (χ3v) is 5.85. The van der Waals surface area contributed by atoms with E-state index in [0.29, 0.717) is 0 Å². The fraction of sp³-hybridized carbons (Fsp3) is 0.562. The lowest BCUT2D eigenvalue weighted by Gasteiger charge is -2.26. The molecular formula is C16H22Cl2N2O3S. The maximum absolute atomic E-state index is 12.4. The van der Waals surface area contributed by atoms with Crippen LogP contribution in [0.25, 0.3) is 0 Å². The molecule has 1 aromatic carbocycles. The summed E-state index contributed by atoms with van der Waals surface area (Å²) in [7, 11) is -3.60. The van der Waals surface area contributed by atoms with Crippen LogP contribution < -0.4 is 4.31 Å². The summed E-state index contributed by atoms with van der Waals surface area (Å²) in [5.41, 5.74) is 0.229. The van der Waals surface area contributed by atoms with Gasteiger partial charge in [-0.15, -0.1) is 0 Å². The molecule has 0 atom stereocenters. The molecule has 1 aliphatic heterocycles. The molecule has 1 saturated heterocycles. The normalized spacial score (nSPS) is 15.9. The molecular weight excluding hydrogens is 371 g/mol. The summed E-state index contributed by atoms with van der Waals surface area (Å²) in [5.74, 6) is -0.0336. The minimum Gasteiger partial charge on any atom is -0.343 e. The number of sulfonamides is 1. The lowest BCUT2D eigenvalue weighted by molar-refractivity contribution is -0.130. The first-order valence-electron chi connectivity index (χ1n) is 8.00. The Balaban J connectivity index is 2.14. The summed E-state index contributed by atoms with van der Waals surface area (Å²) < 4.78 is 25.4. The monoisotopic (exact) mass is 392 g/mol. The molecule has 2 rings (SSSR count). The van der Waals surface area contributed by atoms with Gasteiger partial charge in [-0.05, 0) is 25.0 Å². The van der Waals surface area contributed by atoms with Crippen LogP contribution in [-0.2, 0) is 14.8 Å². The van der Waals surface area contributed by atoms with E-state index in [4.69, 9.17) is 23.2 Å². The smallest absolute Gasteiger partial charge is 0.232 e. The second kappa shape index (κ2) is 8.41. The van der Waals surface area contributed by atoms with Crippen molar-refractivity contribution in [1.82, 2.24) is 4.90 Å². The molecule has 0 aliphatic carbocycles. The van der Waals surface area contributed by atoms with Crippen LogP contribution in [0.5, 0.6) is 0 Å². The van der Waals surface area contributed by atoms with Crippen LogP contribution in [0.4, 0.5) is 5.69 Å². The van der Waals surface area contributed by atoms with Crippen LogP contribution in [0, 0.1) is 0 Å². The molecule has 24 heavy (non-hydrogen) atoms. The van der Waals surface area contributed by atoms with Gasteiger partial charge in [-0.1, -0.05) is 42.1 Å². The standard InChI is InChI=1S/C16H22Cl2N2O3S/c1-24(22,23)20(16-13(17)7-6-8-14(16)18)12-9-15(21)19-10-4-2-3-5-11-19/h6-8H,2-5,9-12H2,1H3. The Morgan fingerprint density at radius 1 is 1.12 bits per heavy atom. The Kier molecular flexibility index (Phi) is 6.78. The molecule has 0 aromatic heterocycles. The van der Waals surface area contributed by atoms with Gasteiger partial charge in [-0.2, -0.15) is 0 Å². The Labute approximate surface area is 153 Å². The first kappa shape index (κ1) is 19.3. The van der Waals surface area contributed by atoms with Crippen molar-refractivity contribution in [3.8, 4) is 0 Å². The first-order valence-corrected chi connectivity index (χ1v) is 10.6. The first-order chi connectivity index (χ1) is 11.3. The fourth-order valence-corrected chi connectivity index (χ4v) is 4.50. The van der Waals surface area contributed by atoms with Crippen LogP contribution >= 0.6 is 23.2 Å². The number of benzene rings is 1. The zero-order valence-corrected chi connectivity index (χ0v) is 16.0. The second-order valence-electron chi connectivity index (χ2n) is 5.95. The number of likely N-dealkylation sites (tertiary alicyclic amines) is 1. The van der Waals surface area contributed by atoms with E-state index in [2.05, 4.69) is 0 Å².